The molecule has 0 N–H and O–H groups in total. The molecule has 76 valence electrons. The first-order valence-electron chi connectivity index (χ1n) is 4.09. The third-order valence-electron chi connectivity index (χ3n) is 1.84. The summed E-state index contributed by atoms with van der Waals surface area (Å²) >= 11 is 8.79. The highest BCUT2D eigenvalue weighted by molar-refractivity contribution is 9.10. The normalized spacial score (nSPS) is 12.6. The van der Waals surface area contributed by atoms with Crippen LogP contribution < -0.4 is 0 Å². The van der Waals surface area contributed by atoms with Crippen LogP contribution in [0.5, 0.6) is 0 Å². The van der Waals surface area contributed by atoms with Crippen molar-refractivity contribution in [3.63, 3.8) is 0 Å². The molecule has 1 unspecified atom stereocenters. The van der Waals surface area contributed by atoms with Crippen LogP contribution in [-0.4, -0.2) is 10.6 Å². The van der Waals surface area contributed by atoms with E-state index in [9.17, 15) is 9.18 Å². The van der Waals surface area contributed by atoms with Crippen LogP contribution in [0.4, 0.5) is 4.39 Å². The number of halogens is 3. The summed E-state index contributed by atoms with van der Waals surface area (Å²) in [5, 5.41) is 0. The monoisotopic (exact) mass is 278 g/mol. The number of hydrogen-bond acceptors (Lipinski definition) is 1. The van der Waals surface area contributed by atoms with E-state index in [1.807, 2.05) is 0 Å². The molecule has 0 heterocycles. The second-order valence-corrected chi connectivity index (χ2v) is 4.56. The quantitative estimate of drug-likeness (QED) is 0.611. The fourth-order valence-electron chi connectivity index (χ4n) is 1.11. The van der Waals surface area contributed by atoms with Gasteiger partial charge in [0.05, 0.1) is 4.83 Å². The summed E-state index contributed by atoms with van der Waals surface area (Å²) in [6.45, 7) is 1.70. The van der Waals surface area contributed by atoms with Gasteiger partial charge < -0.3 is 0 Å². The second kappa shape index (κ2) is 4.89. The van der Waals surface area contributed by atoms with Crippen LogP contribution in [0, 0.1) is 5.82 Å². The van der Waals surface area contributed by atoms with Gasteiger partial charge in [-0.2, -0.15) is 0 Å². The number of ketones is 1. The molecule has 1 aromatic rings. The largest absolute Gasteiger partial charge is 0.293 e. The summed E-state index contributed by atoms with van der Waals surface area (Å²) in [7, 11) is 0. The Morgan fingerprint density at radius 2 is 2.29 bits per heavy atom. The van der Waals surface area contributed by atoms with Gasteiger partial charge in [-0.25, -0.2) is 4.39 Å². The van der Waals surface area contributed by atoms with E-state index in [2.05, 4.69) is 15.9 Å². The molecule has 0 saturated heterocycles. The lowest BCUT2D eigenvalue weighted by atomic mass is 10.0. The molecule has 0 aliphatic heterocycles. The Kier molecular flexibility index (Phi) is 4.08. The summed E-state index contributed by atoms with van der Waals surface area (Å²) in [6.07, 6.45) is 0. The van der Waals surface area contributed by atoms with Gasteiger partial charge in [-0.15, -0.1) is 11.6 Å². The van der Waals surface area contributed by atoms with Gasteiger partial charge in [0.1, 0.15) is 5.82 Å². The molecule has 4 heteroatoms. The van der Waals surface area contributed by atoms with Crippen LogP contribution in [-0.2, 0) is 5.88 Å². The van der Waals surface area contributed by atoms with Crippen LogP contribution in [0.25, 0.3) is 0 Å². The summed E-state index contributed by atoms with van der Waals surface area (Å²) in [5.41, 5.74) is 1.01. The minimum atomic E-state index is -0.421. The molecule has 0 bridgehead atoms. The first kappa shape index (κ1) is 11.7. The van der Waals surface area contributed by atoms with Gasteiger partial charge in [0.25, 0.3) is 0 Å². The maximum atomic E-state index is 12.9. The van der Waals surface area contributed by atoms with Crippen molar-refractivity contribution >= 4 is 33.3 Å². The predicted octanol–water partition coefficient (Wildman–Crippen LogP) is 3.53. The van der Waals surface area contributed by atoms with Crippen LogP contribution in [0.2, 0.25) is 0 Å². The SMILES string of the molecule is CC(Br)C(=O)c1cc(F)ccc1CCl. The maximum Gasteiger partial charge on any atom is 0.176 e. The molecule has 0 amide bonds. The fraction of sp³-hybridized carbons (Fsp3) is 0.300. The van der Waals surface area contributed by atoms with Crippen molar-refractivity contribution < 1.29 is 9.18 Å². The lowest BCUT2D eigenvalue weighted by molar-refractivity contribution is 0.0994. The molecule has 1 aromatic carbocycles. The Morgan fingerprint density at radius 1 is 1.64 bits per heavy atom. The average Bonchev–Trinajstić information content (AvgIpc) is 2.16. The molecule has 1 rings (SSSR count). The van der Waals surface area contributed by atoms with E-state index in [4.69, 9.17) is 11.6 Å². The first-order chi connectivity index (χ1) is 6.56. The minimum absolute atomic E-state index is 0.153. The Bertz CT molecular complexity index is 352. The van der Waals surface area contributed by atoms with Gasteiger partial charge in [0, 0.05) is 11.4 Å². The van der Waals surface area contributed by atoms with E-state index >= 15 is 0 Å². The zero-order valence-electron chi connectivity index (χ0n) is 7.56. The number of carbonyl (C=O) groups is 1. The molecule has 0 aliphatic rings. The van der Waals surface area contributed by atoms with Gasteiger partial charge >= 0.3 is 0 Å². The summed E-state index contributed by atoms with van der Waals surface area (Å²) in [4.78, 5) is 11.3. The Morgan fingerprint density at radius 3 is 2.79 bits per heavy atom. The van der Waals surface area contributed by atoms with Gasteiger partial charge in [-0.05, 0) is 24.6 Å². The number of rotatable bonds is 3. The standard InChI is InChI=1S/C10H9BrClFO/c1-6(11)10(14)9-4-8(13)3-2-7(9)5-12/h2-4,6H,5H2,1H3. The van der Waals surface area contributed by atoms with Gasteiger partial charge in [-0.1, -0.05) is 22.0 Å². The third-order valence-corrected chi connectivity index (χ3v) is 2.55. The van der Waals surface area contributed by atoms with Gasteiger partial charge in [0.2, 0.25) is 0 Å². The molecule has 0 aromatic heterocycles. The number of carbonyl (C=O) groups excluding carboxylic acids is 1. The highest BCUT2D eigenvalue weighted by Gasteiger charge is 2.16. The minimum Gasteiger partial charge on any atom is -0.293 e. The zero-order valence-corrected chi connectivity index (χ0v) is 9.90. The lowest BCUT2D eigenvalue weighted by Gasteiger charge is -2.07. The van der Waals surface area contributed by atoms with E-state index < -0.39 is 5.82 Å². The van der Waals surface area contributed by atoms with Crippen molar-refractivity contribution in [3.8, 4) is 0 Å². The number of benzene rings is 1. The predicted molar refractivity (Wildman–Crippen MR) is 58.7 cm³/mol. The van der Waals surface area contributed by atoms with E-state index in [-0.39, 0.29) is 16.5 Å². The lowest BCUT2D eigenvalue weighted by Crippen LogP contribution is -2.12. The van der Waals surface area contributed by atoms with Crippen LogP contribution in [0.15, 0.2) is 18.2 Å². The van der Waals surface area contributed by atoms with Crippen molar-refractivity contribution in [2.75, 3.05) is 0 Å². The van der Waals surface area contributed by atoms with Crippen molar-refractivity contribution in [1.82, 2.24) is 0 Å². The molecule has 1 atom stereocenters. The molecule has 0 aliphatic carbocycles. The molecule has 0 radical (unpaired) electrons. The highest BCUT2D eigenvalue weighted by atomic mass is 79.9. The molecule has 0 spiro atoms. The summed E-state index contributed by atoms with van der Waals surface area (Å²) in [5.74, 6) is -0.364. The van der Waals surface area contributed by atoms with Crippen molar-refractivity contribution in [2.45, 2.75) is 17.6 Å². The highest BCUT2D eigenvalue weighted by Crippen LogP contribution is 2.18. The van der Waals surface area contributed by atoms with Crippen molar-refractivity contribution in [1.29, 1.82) is 0 Å². The molecule has 1 nitrogen and oxygen atoms in total. The van der Waals surface area contributed by atoms with E-state index in [0.717, 1.165) is 0 Å². The average molecular weight is 280 g/mol. The maximum absolute atomic E-state index is 12.9. The van der Waals surface area contributed by atoms with Crippen LogP contribution in [0.3, 0.4) is 0 Å². The van der Waals surface area contributed by atoms with Crippen LogP contribution in [0.1, 0.15) is 22.8 Å². The molecule has 0 fully saturated rings. The van der Waals surface area contributed by atoms with E-state index in [1.165, 1.54) is 18.2 Å². The van der Waals surface area contributed by atoms with Gasteiger partial charge in [-0.3, -0.25) is 4.79 Å². The smallest absolute Gasteiger partial charge is 0.176 e. The summed E-state index contributed by atoms with van der Waals surface area (Å²) in [6, 6.07) is 4.05. The van der Waals surface area contributed by atoms with Crippen LogP contribution >= 0.6 is 27.5 Å². The van der Waals surface area contributed by atoms with Gasteiger partial charge in [0.15, 0.2) is 5.78 Å². The fourth-order valence-corrected chi connectivity index (χ4v) is 1.59. The first-order valence-corrected chi connectivity index (χ1v) is 5.54. The Labute approximate surface area is 95.4 Å². The third kappa shape index (κ3) is 2.55. The molecule has 14 heavy (non-hydrogen) atoms. The second-order valence-electron chi connectivity index (χ2n) is 2.92. The zero-order chi connectivity index (χ0) is 10.7. The van der Waals surface area contributed by atoms with Crippen molar-refractivity contribution in [3.05, 3.63) is 35.1 Å². The van der Waals surface area contributed by atoms with Crippen molar-refractivity contribution in [2.24, 2.45) is 0 Å². The number of alkyl halides is 2. The number of Topliss-reactive ketones (excluding diaryl/α,β-unsaturated/α-hetero) is 1. The Balaban J connectivity index is 3.17. The number of hydrogen-bond donors (Lipinski definition) is 0. The molecule has 0 saturated carbocycles. The molecular weight excluding hydrogens is 270 g/mol. The summed E-state index contributed by atoms with van der Waals surface area (Å²) < 4.78 is 12.9. The topological polar surface area (TPSA) is 17.1 Å². The van der Waals surface area contributed by atoms with E-state index in [1.54, 1.807) is 6.92 Å². The molecular formula is C10H9BrClFO. The van der Waals surface area contributed by atoms with E-state index in [0.29, 0.717) is 11.1 Å². The Hall–Kier alpha value is -0.410.